The van der Waals surface area contributed by atoms with E-state index < -0.39 is 35.8 Å². The van der Waals surface area contributed by atoms with Crippen molar-refractivity contribution in [1.29, 1.82) is 5.53 Å². The van der Waals surface area contributed by atoms with Gasteiger partial charge in [-0.1, -0.05) is 23.7 Å². The molecule has 3 N–H and O–H groups in total. The Morgan fingerprint density at radius 2 is 2.08 bits per heavy atom. The van der Waals surface area contributed by atoms with Gasteiger partial charge in [-0.25, -0.2) is 23.4 Å². The first-order chi connectivity index (χ1) is 17.4. The molecule has 186 valence electrons. The van der Waals surface area contributed by atoms with Gasteiger partial charge in [0.2, 0.25) is 4.91 Å². The topological polar surface area (TPSA) is 134 Å². The SMILES string of the molecule is N=[N+]=N[C@H]1CCN(C(=O)NCc2cccc(F)c2Cl)[C@@H]1COC(=O)Nc1cc2cc(F)ccc2cn1. The van der Waals surface area contributed by atoms with Crippen molar-refractivity contribution in [2.45, 2.75) is 25.0 Å². The molecule has 1 fully saturated rings. The van der Waals surface area contributed by atoms with Crippen LogP contribution in [0.5, 0.6) is 0 Å². The number of anilines is 1. The van der Waals surface area contributed by atoms with Crippen LogP contribution in [0.1, 0.15) is 12.0 Å². The fourth-order valence-corrected chi connectivity index (χ4v) is 4.13. The number of amides is 3. The molecular weight excluding hydrogens is 496 g/mol. The quantitative estimate of drug-likeness (QED) is 0.325. The highest BCUT2D eigenvalue weighted by molar-refractivity contribution is 6.31. The highest BCUT2D eigenvalue weighted by atomic mass is 35.5. The van der Waals surface area contributed by atoms with Crippen molar-refractivity contribution >= 4 is 40.3 Å². The number of hydrogen-bond acceptors (Lipinski definition) is 6. The first kappa shape index (κ1) is 25.0. The lowest BCUT2D eigenvalue weighted by molar-refractivity contribution is 0.118. The maximum absolute atomic E-state index is 13.7. The molecule has 36 heavy (non-hydrogen) atoms. The van der Waals surface area contributed by atoms with Gasteiger partial charge in [0, 0.05) is 24.7 Å². The molecule has 13 heteroatoms. The first-order valence-corrected chi connectivity index (χ1v) is 11.3. The van der Waals surface area contributed by atoms with Gasteiger partial charge in [-0.05, 0) is 47.7 Å². The van der Waals surface area contributed by atoms with Crippen LogP contribution < -0.4 is 15.5 Å². The summed E-state index contributed by atoms with van der Waals surface area (Å²) in [6, 6.07) is 8.26. The van der Waals surface area contributed by atoms with E-state index in [-0.39, 0.29) is 30.5 Å². The molecule has 1 saturated heterocycles. The number of nitrogens with one attached hydrogen (secondary N) is 3. The minimum Gasteiger partial charge on any atom is -0.447 e. The molecule has 1 aliphatic heterocycles. The number of carbonyl (C=O) groups excluding carboxylic acids is 2. The Labute approximate surface area is 208 Å². The van der Waals surface area contributed by atoms with E-state index in [2.05, 4.69) is 25.6 Å². The van der Waals surface area contributed by atoms with Crippen molar-refractivity contribution in [3.63, 3.8) is 0 Å². The predicted octanol–water partition coefficient (Wildman–Crippen LogP) is 4.62. The molecule has 10 nitrogen and oxygen atoms in total. The summed E-state index contributed by atoms with van der Waals surface area (Å²) in [5.74, 6) is -0.853. The van der Waals surface area contributed by atoms with Crippen LogP contribution in [0.25, 0.3) is 10.8 Å². The van der Waals surface area contributed by atoms with Crippen molar-refractivity contribution < 1.29 is 23.1 Å². The Morgan fingerprint density at radius 3 is 2.89 bits per heavy atom. The second-order valence-corrected chi connectivity index (χ2v) is 8.37. The molecule has 2 aromatic carbocycles. The molecular formula is C23H21ClF2N7O3+. The van der Waals surface area contributed by atoms with E-state index in [9.17, 15) is 18.4 Å². The van der Waals surface area contributed by atoms with Gasteiger partial charge in [0.15, 0.2) is 6.04 Å². The molecule has 0 bridgehead atoms. The lowest BCUT2D eigenvalue weighted by Crippen LogP contribution is -2.47. The second-order valence-electron chi connectivity index (χ2n) is 7.99. The summed E-state index contributed by atoms with van der Waals surface area (Å²) in [4.78, 5) is 33.8. The van der Waals surface area contributed by atoms with E-state index in [1.165, 1.54) is 41.4 Å². The van der Waals surface area contributed by atoms with Gasteiger partial charge in [0.25, 0.3) is 0 Å². The number of nitrogens with zero attached hydrogens (tertiary/aromatic N) is 4. The van der Waals surface area contributed by atoms with E-state index in [0.717, 1.165) is 0 Å². The van der Waals surface area contributed by atoms with E-state index in [1.807, 2.05) is 0 Å². The summed E-state index contributed by atoms with van der Waals surface area (Å²) in [6.45, 7) is 0.0323. The molecule has 0 spiro atoms. The Hall–Kier alpha value is -4.15. The summed E-state index contributed by atoms with van der Waals surface area (Å²) in [5, 5.41) is 10.1. The highest BCUT2D eigenvalue weighted by Gasteiger charge is 2.41. The van der Waals surface area contributed by atoms with Crippen LogP contribution in [0.15, 0.2) is 53.8 Å². The zero-order valence-corrected chi connectivity index (χ0v) is 19.5. The van der Waals surface area contributed by atoms with Crippen LogP contribution in [0.3, 0.4) is 0 Å². The number of hydrogen-bond donors (Lipinski definition) is 3. The molecule has 4 rings (SSSR count). The van der Waals surface area contributed by atoms with E-state index >= 15 is 0 Å². The monoisotopic (exact) mass is 516 g/mol. The van der Waals surface area contributed by atoms with Crippen LogP contribution in [0.2, 0.25) is 5.02 Å². The lowest BCUT2D eigenvalue weighted by Gasteiger charge is -2.25. The van der Waals surface area contributed by atoms with Crippen LogP contribution in [0, 0.1) is 17.2 Å². The van der Waals surface area contributed by atoms with Gasteiger partial charge in [0.1, 0.15) is 34.7 Å². The number of aromatic nitrogens is 1. The average molecular weight is 517 g/mol. The Morgan fingerprint density at radius 1 is 1.25 bits per heavy atom. The molecule has 0 aliphatic carbocycles. The van der Waals surface area contributed by atoms with Crippen molar-refractivity contribution in [3.05, 3.63) is 70.9 Å². The van der Waals surface area contributed by atoms with Gasteiger partial charge in [-0.3, -0.25) is 5.32 Å². The molecule has 2 atom stereocenters. The zero-order valence-electron chi connectivity index (χ0n) is 18.7. The van der Waals surface area contributed by atoms with Crippen molar-refractivity contribution in [1.82, 2.24) is 20.1 Å². The van der Waals surface area contributed by atoms with Crippen LogP contribution in [0.4, 0.5) is 24.2 Å². The van der Waals surface area contributed by atoms with Gasteiger partial charge in [0.05, 0.1) is 11.1 Å². The lowest BCUT2D eigenvalue weighted by atomic mass is 10.1. The Balaban J connectivity index is 1.38. The largest absolute Gasteiger partial charge is 0.447 e. The van der Waals surface area contributed by atoms with Crippen molar-refractivity contribution in [2.24, 2.45) is 5.11 Å². The van der Waals surface area contributed by atoms with Gasteiger partial charge in [-0.15, -0.1) is 0 Å². The number of likely N-dealkylation sites (tertiary alicyclic amines) is 1. The van der Waals surface area contributed by atoms with Crippen LogP contribution in [-0.2, 0) is 11.3 Å². The van der Waals surface area contributed by atoms with Gasteiger partial charge >= 0.3 is 12.1 Å². The number of ether oxygens (including phenoxy) is 1. The number of urea groups is 1. The molecule has 2 heterocycles. The Bertz CT molecular complexity index is 1350. The van der Waals surface area contributed by atoms with Gasteiger partial charge < -0.3 is 15.0 Å². The molecule has 3 aromatic rings. The zero-order chi connectivity index (χ0) is 25.7. The second kappa shape index (κ2) is 11.1. The fourth-order valence-electron chi connectivity index (χ4n) is 3.94. The molecule has 0 saturated carbocycles. The number of pyridine rings is 1. The third-order valence-corrected chi connectivity index (χ3v) is 6.16. The number of rotatable bonds is 6. The molecule has 3 amide bonds. The summed E-state index contributed by atoms with van der Waals surface area (Å²) in [5.41, 5.74) is 7.45. The third-order valence-electron chi connectivity index (χ3n) is 5.74. The summed E-state index contributed by atoms with van der Waals surface area (Å²) < 4.78 is 32.5. The normalized spacial score (nSPS) is 16.9. The molecule has 1 aliphatic rings. The highest BCUT2D eigenvalue weighted by Crippen LogP contribution is 2.23. The Kier molecular flexibility index (Phi) is 7.67. The van der Waals surface area contributed by atoms with Crippen molar-refractivity contribution in [3.8, 4) is 0 Å². The molecule has 0 unspecified atom stereocenters. The number of halogens is 3. The van der Waals surface area contributed by atoms with E-state index in [1.54, 1.807) is 12.1 Å². The average Bonchev–Trinajstić information content (AvgIpc) is 3.26. The molecule has 0 radical (unpaired) electrons. The number of fused-ring (bicyclic) bond motifs is 1. The van der Waals surface area contributed by atoms with Gasteiger partial charge in [-0.2, -0.15) is 0 Å². The minimum atomic E-state index is -0.835. The molecule has 1 aromatic heterocycles. The maximum atomic E-state index is 13.7. The third kappa shape index (κ3) is 5.73. The van der Waals surface area contributed by atoms with Crippen LogP contribution >= 0.6 is 11.6 Å². The van der Waals surface area contributed by atoms with Crippen molar-refractivity contribution in [2.75, 3.05) is 18.5 Å². The summed E-state index contributed by atoms with van der Waals surface area (Å²) >= 11 is 5.94. The summed E-state index contributed by atoms with van der Waals surface area (Å²) in [6.07, 6.45) is 1.06. The first-order valence-electron chi connectivity index (χ1n) is 10.9. The fraction of sp³-hybridized carbons (Fsp3) is 0.261. The number of carbonyl (C=O) groups is 2. The predicted molar refractivity (Wildman–Crippen MR) is 126 cm³/mol. The minimum absolute atomic E-state index is 0.0150. The number of benzene rings is 2. The van der Waals surface area contributed by atoms with E-state index in [4.69, 9.17) is 21.9 Å². The van der Waals surface area contributed by atoms with E-state index in [0.29, 0.717) is 22.8 Å². The standard InChI is InChI=1S/C23H20ClF2N7O3/c24-21-14(2-1-3-17(21)26)11-29-22(34)33-7-6-18(31-32-27)19(33)12-36-23(35)30-20-9-15-8-16(25)5-4-13(15)10-28-20/h1-5,8-10,18-19,27H,6-7,11-12H2,(H-,28,29,30,34,35)/p+1/t18-,19+/m0/s1. The van der Waals surface area contributed by atoms with Crippen LogP contribution in [-0.4, -0.2) is 47.2 Å². The summed E-state index contributed by atoms with van der Waals surface area (Å²) in [7, 11) is 0. The smallest absolute Gasteiger partial charge is 0.412 e. The maximum Gasteiger partial charge on any atom is 0.412 e.